The van der Waals surface area contributed by atoms with Gasteiger partial charge in [-0.25, -0.2) is 9.97 Å². The Bertz CT molecular complexity index is 450. The summed E-state index contributed by atoms with van der Waals surface area (Å²) in [5.74, 6) is 0.673. The van der Waals surface area contributed by atoms with Crippen molar-refractivity contribution >= 4 is 33.2 Å². The van der Waals surface area contributed by atoms with Crippen molar-refractivity contribution < 1.29 is 0 Å². The molecule has 14 heavy (non-hydrogen) atoms. The van der Waals surface area contributed by atoms with E-state index in [1.54, 1.807) is 17.5 Å². The standard InChI is InChI=1S/C10H11ClN2S/c1-6(2)3-8-4-7-5-12-10(11)13-9(7)14-8/h4-6H,3H2,1-2H3. The molecule has 0 saturated carbocycles. The molecule has 0 fully saturated rings. The highest BCUT2D eigenvalue weighted by atomic mass is 35.5. The second-order valence-electron chi connectivity index (χ2n) is 3.71. The fourth-order valence-corrected chi connectivity index (χ4v) is 2.76. The van der Waals surface area contributed by atoms with Crippen molar-refractivity contribution in [2.45, 2.75) is 20.3 Å². The molecule has 2 heterocycles. The maximum Gasteiger partial charge on any atom is 0.223 e. The Labute approximate surface area is 92.0 Å². The van der Waals surface area contributed by atoms with Gasteiger partial charge in [0.1, 0.15) is 4.83 Å². The zero-order chi connectivity index (χ0) is 10.1. The topological polar surface area (TPSA) is 25.8 Å². The van der Waals surface area contributed by atoms with E-state index in [4.69, 9.17) is 11.6 Å². The molecule has 2 aromatic heterocycles. The van der Waals surface area contributed by atoms with E-state index < -0.39 is 0 Å². The second-order valence-corrected chi connectivity index (χ2v) is 5.16. The molecule has 4 heteroatoms. The van der Waals surface area contributed by atoms with Crippen LogP contribution in [0.5, 0.6) is 0 Å². The molecule has 0 spiro atoms. The lowest BCUT2D eigenvalue weighted by molar-refractivity contribution is 0.654. The van der Waals surface area contributed by atoms with Gasteiger partial charge in [-0.3, -0.25) is 0 Å². The molecule has 0 aromatic carbocycles. The minimum Gasteiger partial charge on any atom is -0.226 e. The number of hydrogen-bond acceptors (Lipinski definition) is 3. The lowest BCUT2D eigenvalue weighted by atomic mass is 10.1. The van der Waals surface area contributed by atoms with Crippen LogP contribution in [0.2, 0.25) is 5.28 Å². The molecule has 2 nitrogen and oxygen atoms in total. The third-order valence-electron chi connectivity index (χ3n) is 1.90. The number of rotatable bonds is 2. The van der Waals surface area contributed by atoms with Crippen LogP contribution < -0.4 is 0 Å². The Morgan fingerprint density at radius 3 is 3.00 bits per heavy atom. The van der Waals surface area contributed by atoms with Gasteiger partial charge in [0, 0.05) is 16.5 Å². The average Bonchev–Trinajstić information content (AvgIpc) is 2.44. The SMILES string of the molecule is CC(C)Cc1cc2cnc(Cl)nc2s1. The molecule has 0 bridgehead atoms. The Kier molecular flexibility index (Phi) is 2.70. The lowest BCUT2D eigenvalue weighted by Gasteiger charge is -1.98. The molecule has 0 aliphatic heterocycles. The van der Waals surface area contributed by atoms with Gasteiger partial charge in [0.25, 0.3) is 0 Å². The molecule has 0 saturated heterocycles. The predicted octanol–water partition coefficient (Wildman–Crippen LogP) is 3.54. The van der Waals surface area contributed by atoms with Gasteiger partial charge in [0.05, 0.1) is 0 Å². The molecular weight excluding hydrogens is 216 g/mol. The van der Waals surface area contributed by atoms with Gasteiger partial charge in [-0.15, -0.1) is 11.3 Å². The summed E-state index contributed by atoms with van der Waals surface area (Å²) in [7, 11) is 0. The van der Waals surface area contributed by atoms with E-state index in [2.05, 4.69) is 29.9 Å². The van der Waals surface area contributed by atoms with E-state index >= 15 is 0 Å². The van der Waals surface area contributed by atoms with E-state index in [1.807, 2.05) is 0 Å². The van der Waals surface area contributed by atoms with Crippen LogP contribution in [0.1, 0.15) is 18.7 Å². The summed E-state index contributed by atoms with van der Waals surface area (Å²) in [5.41, 5.74) is 0. The maximum absolute atomic E-state index is 5.72. The van der Waals surface area contributed by atoms with Gasteiger partial charge >= 0.3 is 0 Å². The van der Waals surface area contributed by atoms with E-state index in [0.29, 0.717) is 11.2 Å². The third-order valence-corrected chi connectivity index (χ3v) is 3.15. The fraction of sp³-hybridized carbons (Fsp3) is 0.400. The van der Waals surface area contributed by atoms with Crippen molar-refractivity contribution in [3.63, 3.8) is 0 Å². The summed E-state index contributed by atoms with van der Waals surface area (Å²) in [6, 6.07) is 2.15. The second kappa shape index (κ2) is 3.83. The molecule has 74 valence electrons. The number of fused-ring (bicyclic) bond motifs is 1. The molecular formula is C10H11ClN2S. The van der Waals surface area contributed by atoms with Gasteiger partial charge in [-0.1, -0.05) is 13.8 Å². The maximum atomic E-state index is 5.72. The van der Waals surface area contributed by atoms with Crippen LogP contribution in [-0.4, -0.2) is 9.97 Å². The number of nitrogens with zero attached hydrogens (tertiary/aromatic N) is 2. The van der Waals surface area contributed by atoms with Crippen LogP contribution in [0.4, 0.5) is 0 Å². The summed E-state index contributed by atoms with van der Waals surface area (Å²) in [4.78, 5) is 10.5. The minimum absolute atomic E-state index is 0.329. The summed E-state index contributed by atoms with van der Waals surface area (Å²) in [6.45, 7) is 4.42. The highest BCUT2D eigenvalue weighted by molar-refractivity contribution is 7.18. The molecule has 2 rings (SSSR count). The van der Waals surface area contributed by atoms with Crippen molar-refractivity contribution in [2.75, 3.05) is 0 Å². The van der Waals surface area contributed by atoms with E-state index in [1.165, 1.54) is 4.88 Å². The third kappa shape index (κ3) is 2.04. The number of aromatic nitrogens is 2. The van der Waals surface area contributed by atoms with Gasteiger partial charge in [-0.2, -0.15) is 0 Å². The van der Waals surface area contributed by atoms with Crippen molar-refractivity contribution in [3.05, 3.63) is 22.4 Å². The van der Waals surface area contributed by atoms with Crippen LogP contribution in [0.25, 0.3) is 10.2 Å². The molecule has 0 N–H and O–H groups in total. The zero-order valence-corrected chi connectivity index (χ0v) is 9.69. The van der Waals surface area contributed by atoms with Crippen molar-refractivity contribution in [3.8, 4) is 0 Å². The average molecular weight is 227 g/mol. The Balaban J connectivity index is 2.41. The minimum atomic E-state index is 0.329. The Morgan fingerprint density at radius 1 is 1.50 bits per heavy atom. The predicted molar refractivity (Wildman–Crippen MR) is 61.0 cm³/mol. The molecule has 0 aliphatic rings. The van der Waals surface area contributed by atoms with Crippen molar-refractivity contribution in [2.24, 2.45) is 5.92 Å². The largest absolute Gasteiger partial charge is 0.226 e. The monoisotopic (exact) mass is 226 g/mol. The van der Waals surface area contributed by atoms with Crippen molar-refractivity contribution in [1.29, 1.82) is 0 Å². The quantitative estimate of drug-likeness (QED) is 0.732. The smallest absolute Gasteiger partial charge is 0.223 e. The molecule has 0 amide bonds. The van der Waals surface area contributed by atoms with Crippen LogP contribution in [-0.2, 0) is 6.42 Å². The van der Waals surface area contributed by atoms with Gasteiger partial charge in [0.15, 0.2) is 0 Å². The summed E-state index contributed by atoms with van der Waals surface area (Å²) in [6.07, 6.45) is 2.88. The van der Waals surface area contributed by atoms with Crippen LogP contribution >= 0.6 is 22.9 Å². The Hall–Kier alpha value is -0.670. The van der Waals surface area contributed by atoms with Gasteiger partial charge in [0.2, 0.25) is 5.28 Å². The van der Waals surface area contributed by atoms with E-state index in [-0.39, 0.29) is 0 Å². The molecule has 0 radical (unpaired) electrons. The van der Waals surface area contributed by atoms with Crippen LogP contribution in [0.15, 0.2) is 12.3 Å². The Morgan fingerprint density at radius 2 is 2.29 bits per heavy atom. The first-order valence-electron chi connectivity index (χ1n) is 4.56. The van der Waals surface area contributed by atoms with Gasteiger partial charge in [-0.05, 0) is 30.0 Å². The highest BCUT2D eigenvalue weighted by Gasteiger charge is 2.05. The zero-order valence-electron chi connectivity index (χ0n) is 8.12. The number of hydrogen-bond donors (Lipinski definition) is 0. The lowest BCUT2D eigenvalue weighted by Crippen LogP contribution is -1.89. The summed E-state index contributed by atoms with van der Waals surface area (Å²) >= 11 is 7.42. The summed E-state index contributed by atoms with van der Waals surface area (Å²) in [5, 5.41) is 1.42. The normalized spacial score (nSPS) is 11.4. The van der Waals surface area contributed by atoms with E-state index in [9.17, 15) is 0 Å². The summed E-state index contributed by atoms with van der Waals surface area (Å²) < 4.78 is 0. The van der Waals surface area contributed by atoms with Crippen LogP contribution in [0.3, 0.4) is 0 Å². The highest BCUT2D eigenvalue weighted by Crippen LogP contribution is 2.25. The number of thiophene rings is 1. The molecule has 0 unspecified atom stereocenters. The fourth-order valence-electron chi connectivity index (χ4n) is 1.37. The van der Waals surface area contributed by atoms with Crippen LogP contribution in [0, 0.1) is 5.92 Å². The molecule has 2 aromatic rings. The first kappa shape index (κ1) is 9.87. The van der Waals surface area contributed by atoms with E-state index in [0.717, 1.165) is 16.6 Å². The molecule has 0 atom stereocenters. The first-order valence-corrected chi connectivity index (χ1v) is 5.75. The van der Waals surface area contributed by atoms with Gasteiger partial charge < -0.3 is 0 Å². The number of halogens is 1. The van der Waals surface area contributed by atoms with Crippen molar-refractivity contribution in [1.82, 2.24) is 9.97 Å². The molecule has 0 aliphatic carbocycles. The first-order chi connectivity index (χ1) is 6.65.